The summed E-state index contributed by atoms with van der Waals surface area (Å²) in [5.74, 6) is -1.85. The Morgan fingerprint density at radius 2 is 1.87 bits per heavy atom. The molecule has 2 aromatic carbocycles. The fourth-order valence-electron chi connectivity index (χ4n) is 5.79. The second-order valence-corrected chi connectivity index (χ2v) is 10.1. The van der Waals surface area contributed by atoms with Gasteiger partial charge in [-0.05, 0) is 66.6 Å². The summed E-state index contributed by atoms with van der Waals surface area (Å²) in [5, 5.41) is 16.7. The quantitative estimate of drug-likeness (QED) is 0.406. The highest BCUT2D eigenvalue weighted by Crippen LogP contribution is 2.35. The van der Waals surface area contributed by atoms with Crippen LogP contribution >= 0.6 is 0 Å². The molecule has 198 valence electrons. The first-order valence-electron chi connectivity index (χ1n) is 12.9. The van der Waals surface area contributed by atoms with Gasteiger partial charge in [-0.1, -0.05) is 18.2 Å². The Hall–Kier alpha value is -4.60. The van der Waals surface area contributed by atoms with Crippen LogP contribution < -0.4 is 5.32 Å². The van der Waals surface area contributed by atoms with E-state index >= 15 is 0 Å². The topological polar surface area (TPSA) is 117 Å². The van der Waals surface area contributed by atoms with Crippen molar-refractivity contribution in [1.29, 1.82) is 0 Å². The normalized spacial score (nSPS) is 18.4. The van der Waals surface area contributed by atoms with Gasteiger partial charge >= 0.3 is 5.97 Å². The van der Waals surface area contributed by atoms with Crippen LogP contribution in [0.3, 0.4) is 0 Å². The highest BCUT2D eigenvalue weighted by atomic mass is 19.1. The van der Waals surface area contributed by atoms with Crippen molar-refractivity contribution in [3.05, 3.63) is 99.8 Å². The molecular formula is C29H26FN5O4. The Morgan fingerprint density at radius 3 is 2.64 bits per heavy atom. The van der Waals surface area contributed by atoms with Gasteiger partial charge in [-0.25, -0.2) is 18.7 Å². The number of rotatable bonds is 5. The summed E-state index contributed by atoms with van der Waals surface area (Å²) < 4.78 is 14.7. The molecule has 0 spiro atoms. The summed E-state index contributed by atoms with van der Waals surface area (Å²) in [6.45, 7) is 2.80. The lowest BCUT2D eigenvalue weighted by Crippen LogP contribution is -2.32. The Labute approximate surface area is 223 Å². The van der Waals surface area contributed by atoms with E-state index in [2.05, 4.69) is 15.4 Å². The molecule has 10 heteroatoms. The minimum absolute atomic E-state index is 0.101. The van der Waals surface area contributed by atoms with Crippen LogP contribution in [-0.2, 0) is 6.42 Å². The molecule has 4 aromatic rings. The lowest BCUT2D eigenvalue weighted by Gasteiger charge is -2.18. The first kappa shape index (κ1) is 24.7. The van der Waals surface area contributed by atoms with E-state index in [-0.39, 0.29) is 40.6 Å². The fraction of sp³-hybridized carbons (Fsp3) is 0.276. The molecule has 0 radical (unpaired) electrons. The van der Waals surface area contributed by atoms with Crippen LogP contribution in [0, 0.1) is 12.7 Å². The molecule has 39 heavy (non-hydrogen) atoms. The first-order chi connectivity index (χ1) is 18.8. The number of carboxylic acid groups (broad SMARTS) is 1. The molecule has 2 atom stereocenters. The molecule has 0 saturated carbocycles. The summed E-state index contributed by atoms with van der Waals surface area (Å²) in [5.41, 5.74) is 4.53. The largest absolute Gasteiger partial charge is 0.478 e. The van der Waals surface area contributed by atoms with Crippen molar-refractivity contribution >= 4 is 23.4 Å². The Morgan fingerprint density at radius 1 is 1.08 bits per heavy atom. The zero-order valence-electron chi connectivity index (χ0n) is 21.2. The summed E-state index contributed by atoms with van der Waals surface area (Å²) in [7, 11) is 0. The molecule has 9 nitrogen and oxygen atoms in total. The maximum Gasteiger partial charge on any atom is 0.335 e. The predicted octanol–water partition coefficient (Wildman–Crippen LogP) is 3.92. The average Bonchev–Trinajstić information content (AvgIpc) is 3.68. The summed E-state index contributed by atoms with van der Waals surface area (Å²) >= 11 is 0. The third-order valence-corrected chi connectivity index (χ3v) is 7.86. The molecule has 1 unspecified atom stereocenters. The van der Waals surface area contributed by atoms with E-state index in [0.717, 1.165) is 23.1 Å². The molecule has 1 aliphatic carbocycles. The molecule has 1 saturated heterocycles. The van der Waals surface area contributed by atoms with Gasteiger partial charge in [0.1, 0.15) is 17.2 Å². The molecule has 2 N–H and O–H groups in total. The zero-order chi connectivity index (χ0) is 27.3. The monoisotopic (exact) mass is 527 g/mol. The van der Waals surface area contributed by atoms with E-state index in [1.54, 1.807) is 42.2 Å². The minimum atomic E-state index is -0.972. The molecular weight excluding hydrogens is 501 g/mol. The van der Waals surface area contributed by atoms with Gasteiger partial charge < -0.3 is 15.3 Å². The number of amides is 2. The minimum Gasteiger partial charge on any atom is -0.478 e. The number of likely N-dealkylation sites (tertiary alicyclic amines) is 1. The fourth-order valence-corrected chi connectivity index (χ4v) is 5.79. The standard InChI is InChI=1S/C29H26FN5O4/c1-16-20-8-9-23(22(20)7-6-21(16)29(38)39)33-27(36)25-14-24(32-26-10-12-31-35(25)26)28(37)34-13-11-18(15-34)17-2-4-19(30)5-3-17/h2-7,10,12,14,18,23H,8-9,11,13,15H2,1H3,(H,33,36)(H,38,39)/t18?,23-/m0/s1. The smallest absolute Gasteiger partial charge is 0.335 e. The van der Waals surface area contributed by atoms with Crippen molar-refractivity contribution in [2.75, 3.05) is 13.1 Å². The van der Waals surface area contributed by atoms with E-state index in [9.17, 15) is 23.9 Å². The number of nitrogens with one attached hydrogen (secondary N) is 1. The van der Waals surface area contributed by atoms with Gasteiger partial charge in [-0.15, -0.1) is 0 Å². The van der Waals surface area contributed by atoms with E-state index in [1.165, 1.54) is 28.9 Å². The molecule has 1 aliphatic heterocycles. The Kier molecular flexibility index (Phi) is 6.09. The third-order valence-electron chi connectivity index (χ3n) is 7.86. The summed E-state index contributed by atoms with van der Waals surface area (Å²) in [4.78, 5) is 44.6. The Balaban J connectivity index is 1.24. The van der Waals surface area contributed by atoms with Gasteiger partial charge in [-0.2, -0.15) is 5.10 Å². The van der Waals surface area contributed by atoms with Gasteiger partial charge in [0.25, 0.3) is 11.8 Å². The number of benzene rings is 2. The highest BCUT2D eigenvalue weighted by molar-refractivity contribution is 5.98. The van der Waals surface area contributed by atoms with Gasteiger partial charge in [-0.3, -0.25) is 9.59 Å². The number of hydrogen-bond donors (Lipinski definition) is 2. The first-order valence-corrected chi connectivity index (χ1v) is 12.9. The number of aromatic nitrogens is 3. The average molecular weight is 528 g/mol. The van der Waals surface area contributed by atoms with E-state index < -0.39 is 11.9 Å². The van der Waals surface area contributed by atoms with Crippen molar-refractivity contribution in [2.24, 2.45) is 0 Å². The predicted molar refractivity (Wildman–Crippen MR) is 139 cm³/mol. The van der Waals surface area contributed by atoms with E-state index in [0.29, 0.717) is 37.1 Å². The van der Waals surface area contributed by atoms with Crippen molar-refractivity contribution < 1.29 is 23.9 Å². The SMILES string of the molecule is Cc1c(C(=O)O)ccc2c1CC[C@@H]2NC(=O)c1cc(C(=O)N2CCC(c3ccc(F)cc3)C2)nc2ccnn12. The summed E-state index contributed by atoms with van der Waals surface area (Å²) in [6, 6.07) is 12.5. The molecule has 2 aliphatic rings. The van der Waals surface area contributed by atoms with E-state index in [1.807, 2.05) is 0 Å². The summed E-state index contributed by atoms with van der Waals surface area (Å²) in [6.07, 6.45) is 3.58. The number of nitrogens with zero attached hydrogens (tertiary/aromatic N) is 4. The zero-order valence-corrected chi connectivity index (χ0v) is 21.2. The number of halogens is 1. The molecule has 0 bridgehead atoms. The van der Waals surface area contributed by atoms with Crippen molar-refractivity contribution in [1.82, 2.24) is 24.8 Å². The van der Waals surface area contributed by atoms with Crippen LogP contribution in [0.2, 0.25) is 0 Å². The second kappa shape index (κ2) is 9.61. The van der Waals surface area contributed by atoms with Gasteiger partial charge in [0.05, 0.1) is 17.8 Å². The van der Waals surface area contributed by atoms with Crippen LogP contribution in [0.1, 0.15) is 78.4 Å². The molecule has 3 heterocycles. The lowest BCUT2D eigenvalue weighted by molar-refractivity contribution is 0.0694. The maximum atomic E-state index is 13.5. The Bertz CT molecular complexity index is 1630. The molecule has 2 amide bonds. The van der Waals surface area contributed by atoms with Crippen LogP contribution in [-0.4, -0.2) is 55.5 Å². The van der Waals surface area contributed by atoms with E-state index in [4.69, 9.17) is 0 Å². The van der Waals surface area contributed by atoms with Crippen molar-refractivity contribution in [3.8, 4) is 0 Å². The molecule has 2 aromatic heterocycles. The van der Waals surface area contributed by atoms with Crippen LogP contribution in [0.4, 0.5) is 4.39 Å². The number of aromatic carboxylic acids is 1. The van der Waals surface area contributed by atoms with Crippen molar-refractivity contribution in [3.63, 3.8) is 0 Å². The maximum absolute atomic E-state index is 13.5. The highest BCUT2D eigenvalue weighted by Gasteiger charge is 2.31. The molecule has 1 fully saturated rings. The number of fused-ring (bicyclic) bond motifs is 2. The lowest BCUT2D eigenvalue weighted by atomic mass is 9.98. The van der Waals surface area contributed by atoms with Gasteiger partial charge in [0.15, 0.2) is 5.65 Å². The van der Waals surface area contributed by atoms with Crippen molar-refractivity contribution in [2.45, 2.75) is 38.1 Å². The number of carbonyl (C=O) groups excluding carboxylic acids is 2. The van der Waals surface area contributed by atoms with Gasteiger partial charge in [0, 0.05) is 31.1 Å². The number of hydrogen-bond acceptors (Lipinski definition) is 5. The third kappa shape index (κ3) is 4.41. The van der Waals surface area contributed by atoms with Crippen LogP contribution in [0.25, 0.3) is 5.65 Å². The van der Waals surface area contributed by atoms with Crippen LogP contribution in [0.15, 0.2) is 54.7 Å². The van der Waals surface area contributed by atoms with Crippen LogP contribution in [0.5, 0.6) is 0 Å². The molecule has 6 rings (SSSR count). The van der Waals surface area contributed by atoms with Gasteiger partial charge in [0.2, 0.25) is 0 Å². The second-order valence-electron chi connectivity index (χ2n) is 10.1. The number of carboxylic acids is 1. The number of carbonyl (C=O) groups is 3.